The fourth-order valence-electron chi connectivity index (χ4n) is 2.54. The number of carboxylic acid groups (broad SMARTS) is 1. The molecule has 0 unspecified atom stereocenters. The monoisotopic (exact) mass is 357 g/mol. The first-order chi connectivity index (χ1) is 11.5. The fourth-order valence-corrected chi connectivity index (χ4v) is 2.54. The summed E-state index contributed by atoms with van der Waals surface area (Å²) < 4.78 is 40.7. The van der Waals surface area contributed by atoms with E-state index in [1.54, 1.807) is 13.8 Å². The third-order valence-corrected chi connectivity index (χ3v) is 3.71. The molecule has 2 aromatic rings. The van der Waals surface area contributed by atoms with E-state index in [1.807, 2.05) is 0 Å². The SMILES string of the molecule is CC(C)n1c(C(F)(F)F)nc2cc(C(=O)N(C)CCC(=O)O)ccc21. The van der Waals surface area contributed by atoms with Crippen molar-refractivity contribution in [3.05, 3.63) is 29.6 Å². The number of amides is 1. The lowest BCUT2D eigenvalue weighted by Gasteiger charge is -2.16. The minimum atomic E-state index is -4.61. The number of carbonyl (C=O) groups excluding carboxylic acids is 1. The molecule has 0 aliphatic rings. The van der Waals surface area contributed by atoms with Gasteiger partial charge in [-0.1, -0.05) is 0 Å². The van der Waals surface area contributed by atoms with Gasteiger partial charge >= 0.3 is 12.1 Å². The van der Waals surface area contributed by atoms with Gasteiger partial charge in [0.2, 0.25) is 5.82 Å². The number of aromatic nitrogens is 2. The summed E-state index contributed by atoms with van der Waals surface area (Å²) in [6, 6.07) is 3.68. The van der Waals surface area contributed by atoms with Gasteiger partial charge in [0.25, 0.3) is 5.91 Å². The topological polar surface area (TPSA) is 75.4 Å². The average Bonchev–Trinajstić information content (AvgIpc) is 2.90. The first kappa shape index (κ1) is 18.8. The molecule has 2 rings (SSSR count). The van der Waals surface area contributed by atoms with Gasteiger partial charge in [-0.3, -0.25) is 9.59 Å². The number of benzene rings is 1. The van der Waals surface area contributed by atoms with Crippen molar-refractivity contribution in [3.63, 3.8) is 0 Å². The smallest absolute Gasteiger partial charge is 0.449 e. The van der Waals surface area contributed by atoms with Gasteiger partial charge in [0.15, 0.2) is 0 Å². The lowest BCUT2D eigenvalue weighted by molar-refractivity contribution is -0.147. The Labute approximate surface area is 141 Å². The summed E-state index contributed by atoms with van der Waals surface area (Å²) in [6.45, 7) is 3.24. The summed E-state index contributed by atoms with van der Waals surface area (Å²) in [7, 11) is 1.43. The second-order valence-electron chi connectivity index (χ2n) is 5.97. The number of halogens is 3. The largest absolute Gasteiger partial charge is 0.481 e. The minimum Gasteiger partial charge on any atom is -0.481 e. The maximum atomic E-state index is 13.2. The van der Waals surface area contributed by atoms with Crippen LogP contribution in [0.15, 0.2) is 18.2 Å². The second-order valence-corrected chi connectivity index (χ2v) is 5.97. The number of carboxylic acids is 1. The standard InChI is InChI=1S/C16H18F3N3O3/c1-9(2)22-12-5-4-10(14(25)21(3)7-6-13(23)24)8-11(12)20-15(22)16(17,18)19/h4-5,8-9H,6-7H2,1-3H3,(H,23,24). The van der Waals surface area contributed by atoms with E-state index in [4.69, 9.17) is 5.11 Å². The van der Waals surface area contributed by atoms with Crippen LogP contribution in [0.25, 0.3) is 11.0 Å². The molecule has 0 saturated heterocycles. The molecule has 0 saturated carbocycles. The van der Waals surface area contributed by atoms with Crippen molar-refractivity contribution in [3.8, 4) is 0 Å². The Hall–Kier alpha value is -2.58. The van der Waals surface area contributed by atoms with E-state index in [1.165, 1.54) is 30.1 Å². The van der Waals surface area contributed by atoms with Crippen LogP contribution in [0.5, 0.6) is 0 Å². The van der Waals surface area contributed by atoms with Crippen LogP contribution in [-0.2, 0) is 11.0 Å². The average molecular weight is 357 g/mol. The Balaban J connectivity index is 2.43. The number of hydrogen-bond acceptors (Lipinski definition) is 3. The van der Waals surface area contributed by atoms with E-state index in [0.29, 0.717) is 0 Å². The lowest BCUT2D eigenvalue weighted by Crippen LogP contribution is -2.29. The molecule has 0 aliphatic heterocycles. The number of carbonyl (C=O) groups is 2. The van der Waals surface area contributed by atoms with E-state index in [0.717, 1.165) is 4.57 Å². The molecule has 0 aliphatic carbocycles. The Kier molecular flexibility index (Phi) is 5.05. The van der Waals surface area contributed by atoms with Gasteiger partial charge in [-0.25, -0.2) is 4.98 Å². The van der Waals surface area contributed by atoms with Gasteiger partial charge in [-0.2, -0.15) is 13.2 Å². The zero-order valence-corrected chi connectivity index (χ0v) is 14.0. The van der Waals surface area contributed by atoms with Crippen LogP contribution in [0.4, 0.5) is 13.2 Å². The molecule has 1 heterocycles. The molecule has 0 radical (unpaired) electrons. The molecule has 1 aromatic heterocycles. The highest BCUT2D eigenvalue weighted by atomic mass is 19.4. The summed E-state index contributed by atoms with van der Waals surface area (Å²) in [5.41, 5.74) is 0.507. The van der Waals surface area contributed by atoms with E-state index in [-0.39, 0.29) is 29.6 Å². The van der Waals surface area contributed by atoms with E-state index >= 15 is 0 Å². The molecule has 0 bridgehead atoms. The molecular weight excluding hydrogens is 339 g/mol. The van der Waals surface area contributed by atoms with Gasteiger partial charge in [0.1, 0.15) is 0 Å². The number of rotatable bonds is 5. The number of fused-ring (bicyclic) bond motifs is 1. The summed E-state index contributed by atoms with van der Waals surface area (Å²) in [4.78, 5) is 27.7. The third-order valence-electron chi connectivity index (χ3n) is 3.71. The van der Waals surface area contributed by atoms with Crippen LogP contribution in [0.3, 0.4) is 0 Å². The molecule has 25 heavy (non-hydrogen) atoms. The number of alkyl halides is 3. The van der Waals surface area contributed by atoms with Crippen molar-refractivity contribution >= 4 is 22.9 Å². The van der Waals surface area contributed by atoms with Crippen molar-refractivity contribution in [2.24, 2.45) is 0 Å². The highest BCUT2D eigenvalue weighted by molar-refractivity contribution is 5.97. The van der Waals surface area contributed by atoms with Crippen molar-refractivity contribution in [2.45, 2.75) is 32.5 Å². The second kappa shape index (κ2) is 6.73. The van der Waals surface area contributed by atoms with Crippen LogP contribution >= 0.6 is 0 Å². The molecule has 1 amide bonds. The molecule has 0 fully saturated rings. The summed E-state index contributed by atoms with van der Waals surface area (Å²) in [5.74, 6) is -2.53. The zero-order chi connectivity index (χ0) is 18.9. The Morgan fingerprint density at radius 3 is 2.48 bits per heavy atom. The summed E-state index contributed by atoms with van der Waals surface area (Å²) >= 11 is 0. The molecule has 0 atom stereocenters. The van der Waals surface area contributed by atoms with Crippen molar-refractivity contribution in [2.75, 3.05) is 13.6 Å². The number of aliphatic carboxylic acids is 1. The maximum absolute atomic E-state index is 13.2. The van der Waals surface area contributed by atoms with Gasteiger partial charge in [0, 0.05) is 25.2 Å². The van der Waals surface area contributed by atoms with Crippen LogP contribution in [-0.4, -0.2) is 45.0 Å². The van der Waals surface area contributed by atoms with Crippen molar-refractivity contribution in [1.29, 1.82) is 0 Å². The number of hydrogen-bond donors (Lipinski definition) is 1. The van der Waals surface area contributed by atoms with Gasteiger partial charge in [-0.15, -0.1) is 0 Å². The summed E-state index contributed by atoms with van der Waals surface area (Å²) in [5, 5.41) is 8.66. The van der Waals surface area contributed by atoms with Gasteiger partial charge in [-0.05, 0) is 32.0 Å². The molecule has 0 spiro atoms. The molecule has 1 N–H and O–H groups in total. The Morgan fingerprint density at radius 1 is 1.32 bits per heavy atom. The molecule has 1 aromatic carbocycles. The predicted octanol–water partition coefficient (Wildman–Crippen LogP) is 3.18. The van der Waals surface area contributed by atoms with Crippen LogP contribution in [0, 0.1) is 0 Å². The molecule has 9 heteroatoms. The van der Waals surface area contributed by atoms with Crippen molar-refractivity contribution < 1.29 is 27.9 Å². The van der Waals surface area contributed by atoms with Crippen LogP contribution in [0.2, 0.25) is 0 Å². The number of nitrogens with zero attached hydrogens (tertiary/aromatic N) is 3. The maximum Gasteiger partial charge on any atom is 0.449 e. The highest BCUT2D eigenvalue weighted by Crippen LogP contribution is 2.34. The Bertz CT molecular complexity index is 812. The normalized spacial score (nSPS) is 12.0. The van der Waals surface area contributed by atoms with Crippen LogP contribution in [0.1, 0.15) is 42.5 Å². The Morgan fingerprint density at radius 2 is 1.96 bits per heavy atom. The quantitative estimate of drug-likeness (QED) is 0.892. The minimum absolute atomic E-state index is 0.000436. The van der Waals surface area contributed by atoms with E-state index < -0.39 is 29.9 Å². The fraction of sp³-hybridized carbons (Fsp3) is 0.438. The van der Waals surface area contributed by atoms with E-state index in [2.05, 4.69) is 4.98 Å². The summed E-state index contributed by atoms with van der Waals surface area (Å²) in [6.07, 6.45) is -4.82. The van der Waals surface area contributed by atoms with Crippen LogP contribution < -0.4 is 0 Å². The number of imidazole rings is 1. The predicted molar refractivity (Wildman–Crippen MR) is 84.3 cm³/mol. The van der Waals surface area contributed by atoms with Crippen molar-refractivity contribution in [1.82, 2.24) is 14.5 Å². The third kappa shape index (κ3) is 3.92. The highest BCUT2D eigenvalue weighted by Gasteiger charge is 2.38. The first-order valence-electron chi connectivity index (χ1n) is 7.58. The first-order valence-corrected chi connectivity index (χ1v) is 7.58. The lowest BCUT2D eigenvalue weighted by atomic mass is 10.1. The molecule has 136 valence electrons. The zero-order valence-electron chi connectivity index (χ0n) is 14.0. The molecule has 6 nitrogen and oxygen atoms in total. The van der Waals surface area contributed by atoms with Gasteiger partial charge in [0.05, 0.1) is 17.5 Å². The van der Waals surface area contributed by atoms with E-state index in [9.17, 15) is 22.8 Å². The van der Waals surface area contributed by atoms with Gasteiger partial charge < -0.3 is 14.6 Å². The molecular formula is C16H18F3N3O3.